The molecule has 4 saturated carbocycles. The molecule has 0 amide bonds. The molecule has 0 saturated heterocycles. The van der Waals surface area contributed by atoms with Gasteiger partial charge in [0.15, 0.2) is 11.5 Å². The van der Waals surface area contributed by atoms with Crippen molar-refractivity contribution in [3.05, 3.63) is 84.1 Å². The number of oxazole rings is 1. The van der Waals surface area contributed by atoms with Crippen LogP contribution >= 0.6 is 0 Å². The molecular weight excluding hydrogens is 700 g/mol. The van der Waals surface area contributed by atoms with Crippen molar-refractivity contribution in [3.8, 4) is 5.75 Å². The molecule has 4 aliphatic carbocycles. The van der Waals surface area contributed by atoms with E-state index in [4.69, 9.17) is 15.3 Å². The van der Waals surface area contributed by atoms with Gasteiger partial charge in [-0.2, -0.15) is 0 Å². The van der Waals surface area contributed by atoms with Crippen LogP contribution in [0.3, 0.4) is 0 Å². The molecular formula is C38H62Fe3N2O3. The number of nitrogens with zero attached hydrogens (tertiary/aromatic N) is 1. The number of aromatic hydroxyl groups is 1. The number of hydrogen-bond acceptors (Lipinski definition) is 5. The summed E-state index contributed by atoms with van der Waals surface area (Å²) >= 11 is 0. The van der Waals surface area contributed by atoms with Crippen molar-refractivity contribution in [3.63, 3.8) is 0 Å². The summed E-state index contributed by atoms with van der Waals surface area (Å²) in [7, 11) is 0. The third-order valence-corrected chi connectivity index (χ3v) is 8.04. The summed E-state index contributed by atoms with van der Waals surface area (Å²) in [6, 6.07) is 14.7. The van der Waals surface area contributed by atoms with Gasteiger partial charge in [0.1, 0.15) is 17.6 Å². The quantitative estimate of drug-likeness (QED) is 0.0892. The van der Waals surface area contributed by atoms with Crippen molar-refractivity contribution < 1.29 is 65.5 Å². The average Bonchev–Trinajstić information content (AvgIpc) is 3.82. The molecule has 266 valence electrons. The molecule has 0 aliphatic heterocycles. The van der Waals surface area contributed by atoms with E-state index in [2.05, 4.69) is 4.98 Å². The Bertz CT molecular complexity index is 981. The van der Waals surface area contributed by atoms with Crippen LogP contribution in [-0.4, -0.2) is 16.4 Å². The summed E-state index contributed by atoms with van der Waals surface area (Å²) in [6.07, 6.45) is 26.0. The van der Waals surface area contributed by atoms with Crippen LogP contribution in [-0.2, 0) is 56.0 Å². The van der Waals surface area contributed by atoms with Gasteiger partial charge in [0.2, 0.25) is 0 Å². The van der Waals surface area contributed by atoms with E-state index in [0.717, 1.165) is 36.1 Å². The number of phenolic OH excluding ortho intramolecular Hbond substituents is 1. The molecule has 4 fully saturated rings. The van der Waals surface area contributed by atoms with Crippen molar-refractivity contribution in [2.24, 2.45) is 5.92 Å². The number of nitrogens with two attached hydrogens (primary N) is 1. The van der Waals surface area contributed by atoms with Crippen molar-refractivity contribution in [1.82, 2.24) is 4.98 Å². The number of nitrogen functional groups attached to an aromatic ring is 1. The first-order valence-corrected chi connectivity index (χ1v) is 15.5. The van der Waals surface area contributed by atoms with Gasteiger partial charge in [0, 0.05) is 28.9 Å². The van der Waals surface area contributed by atoms with E-state index < -0.39 is 0 Å². The Morgan fingerprint density at radius 3 is 1.43 bits per heavy atom. The van der Waals surface area contributed by atoms with E-state index in [0.29, 0.717) is 17.5 Å². The van der Waals surface area contributed by atoms with Gasteiger partial charge in [0.05, 0.1) is 5.69 Å². The number of phenols is 1. The van der Waals surface area contributed by atoms with Gasteiger partial charge in [-0.05, 0) is 49.9 Å². The standard InChI is InChI=1S/C12H13NO.C6H7NO.C6H10O.2C5H10.4CH3.3Fe/c1-2-6-9(5-1)12-13-10-7-3-4-8-11(10)14-12;7-5-3-1-2-4-6(5)8;7-5-6-3-1-2-4-6;2*1-2-4-5-3-1;;;;;;;/h3-4,7-9H,1-2,5-6H2;1-4,8H,7H2;5-6H,1-4H2;2*1-5H2;4*1H3;;;/q;;;;;4*-1;;2*+2. The van der Waals surface area contributed by atoms with Crippen molar-refractivity contribution in [2.75, 3.05) is 5.73 Å². The molecule has 3 aromatic rings. The fourth-order valence-electron chi connectivity index (χ4n) is 5.59. The molecule has 1 aromatic heterocycles. The van der Waals surface area contributed by atoms with Crippen molar-refractivity contribution >= 4 is 23.1 Å². The Morgan fingerprint density at radius 2 is 1.07 bits per heavy atom. The number of aromatic nitrogens is 1. The van der Waals surface area contributed by atoms with Gasteiger partial charge < -0.3 is 49.8 Å². The third-order valence-electron chi connectivity index (χ3n) is 8.04. The second-order valence-electron chi connectivity index (χ2n) is 11.3. The number of hydrogen-bond donors (Lipinski definition) is 2. The molecule has 0 bridgehead atoms. The van der Waals surface area contributed by atoms with Crippen molar-refractivity contribution in [2.45, 2.75) is 121 Å². The van der Waals surface area contributed by atoms with Gasteiger partial charge in [-0.15, -0.1) is 0 Å². The molecule has 2 aromatic carbocycles. The number of benzene rings is 2. The Morgan fingerprint density at radius 1 is 0.652 bits per heavy atom. The van der Waals surface area contributed by atoms with E-state index in [9.17, 15) is 4.79 Å². The van der Waals surface area contributed by atoms with Crippen LogP contribution in [0.1, 0.15) is 127 Å². The van der Waals surface area contributed by atoms with E-state index in [1.54, 1.807) is 24.3 Å². The molecule has 8 heteroatoms. The smallest absolute Gasteiger partial charge is 0.506 e. The van der Waals surface area contributed by atoms with E-state index in [-0.39, 0.29) is 86.7 Å². The summed E-state index contributed by atoms with van der Waals surface area (Å²) in [6.45, 7) is 0. The summed E-state index contributed by atoms with van der Waals surface area (Å²) in [5.74, 6) is 2.08. The number of para-hydroxylation sites is 4. The summed E-state index contributed by atoms with van der Waals surface area (Å²) in [4.78, 5) is 14.5. The molecule has 1 heterocycles. The SMILES string of the molecule is C1CCCC1.C1CCCC1.Nc1ccccc1O.O=CC1CCCC1.[CH3-].[CH3-].[CH3-].[CH3-].[Fe+2].[Fe+2].[Fe].c1ccc2oc(C3CCCC3)nc2c1. The topological polar surface area (TPSA) is 89.4 Å². The molecule has 0 atom stereocenters. The monoisotopic (exact) mass is 762 g/mol. The number of fused-ring (bicyclic) bond motifs is 1. The van der Waals surface area contributed by atoms with Crippen LogP contribution in [0.5, 0.6) is 5.75 Å². The minimum Gasteiger partial charge on any atom is -0.506 e. The van der Waals surface area contributed by atoms with Gasteiger partial charge in [-0.3, -0.25) is 0 Å². The Balaban J connectivity index is -0.000000155. The summed E-state index contributed by atoms with van der Waals surface area (Å²) in [5.41, 5.74) is 7.61. The fourth-order valence-corrected chi connectivity index (χ4v) is 5.59. The minimum absolute atomic E-state index is 0. The third kappa shape index (κ3) is 21.6. The second kappa shape index (κ2) is 33.6. The Kier molecular flexibility index (Phi) is 39.6. The molecule has 4 aliphatic rings. The van der Waals surface area contributed by atoms with Crippen LogP contribution < -0.4 is 5.73 Å². The maximum Gasteiger partial charge on any atom is 2.00 e. The largest absolute Gasteiger partial charge is 2.00 e. The Hall–Kier alpha value is -1.26. The zero-order chi connectivity index (χ0) is 27.5. The molecule has 0 unspecified atom stereocenters. The van der Waals surface area contributed by atoms with Crippen LogP contribution in [0.4, 0.5) is 5.69 Å². The first kappa shape index (κ1) is 54.2. The van der Waals surface area contributed by atoms with Gasteiger partial charge >= 0.3 is 34.1 Å². The van der Waals surface area contributed by atoms with Gasteiger partial charge in [-0.25, -0.2) is 4.98 Å². The molecule has 5 nitrogen and oxygen atoms in total. The normalized spacial score (nSPS) is 15.7. The molecule has 3 N–H and O–H groups in total. The average molecular weight is 762 g/mol. The number of rotatable bonds is 2. The minimum atomic E-state index is 0. The maximum atomic E-state index is 10.0. The second-order valence-corrected chi connectivity index (χ2v) is 11.3. The van der Waals surface area contributed by atoms with E-state index in [1.807, 2.05) is 24.3 Å². The zero-order valence-electron chi connectivity index (χ0n) is 28.9. The fraction of sp³-hybridized carbons (Fsp3) is 0.526. The zero-order valence-corrected chi connectivity index (χ0v) is 32.2. The molecule has 0 radical (unpaired) electrons. The van der Waals surface area contributed by atoms with Gasteiger partial charge in [0.25, 0.3) is 0 Å². The van der Waals surface area contributed by atoms with Crippen molar-refractivity contribution in [1.29, 1.82) is 0 Å². The predicted molar refractivity (Wildman–Crippen MR) is 188 cm³/mol. The molecule has 7 rings (SSSR count). The first-order chi connectivity index (χ1) is 19.2. The van der Waals surface area contributed by atoms with Crippen LogP contribution in [0.25, 0.3) is 11.1 Å². The molecule has 0 spiro atoms. The van der Waals surface area contributed by atoms with Gasteiger partial charge in [-0.1, -0.05) is 114 Å². The van der Waals surface area contributed by atoms with Crippen LogP contribution in [0, 0.1) is 35.6 Å². The molecule has 46 heavy (non-hydrogen) atoms. The van der Waals surface area contributed by atoms with E-state index >= 15 is 0 Å². The number of anilines is 1. The summed E-state index contributed by atoms with van der Waals surface area (Å²) in [5, 5.41) is 8.79. The van der Waals surface area contributed by atoms with E-state index in [1.165, 1.54) is 103 Å². The number of aldehydes is 1. The first-order valence-electron chi connectivity index (χ1n) is 15.5. The predicted octanol–water partition coefficient (Wildman–Crippen LogP) is 11.5. The number of carbonyl (C=O) groups is 1. The van der Waals surface area contributed by atoms with Crippen LogP contribution in [0.2, 0.25) is 0 Å². The number of carbonyl (C=O) groups excluding carboxylic acids is 1. The summed E-state index contributed by atoms with van der Waals surface area (Å²) < 4.78 is 5.74. The maximum absolute atomic E-state index is 10.0. The van der Waals surface area contributed by atoms with Crippen LogP contribution in [0.15, 0.2) is 52.9 Å². The Labute approximate surface area is 314 Å².